The number of pyridine rings is 1. The Hall–Kier alpha value is -1.62. The van der Waals surface area contributed by atoms with Crippen LogP contribution in [0.5, 0.6) is 0 Å². The lowest BCUT2D eigenvalue weighted by Gasteiger charge is -2.25. The first-order valence-electron chi connectivity index (χ1n) is 7.45. The Morgan fingerprint density at radius 1 is 1.30 bits per heavy atom. The van der Waals surface area contributed by atoms with E-state index in [4.69, 9.17) is 0 Å². The second kappa shape index (κ2) is 5.79. The van der Waals surface area contributed by atoms with Crippen LogP contribution in [0.1, 0.15) is 29.8 Å². The minimum Gasteiger partial charge on any atom is -0.387 e. The van der Waals surface area contributed by atoms with E-state index in [0.717, 1.165) is 31.7 Å². The number of anilines is 1. The van der Waals surface area contributed by atoms with E-state index in [1.807, 2.05) is 24.1 Å². The zero-order valence-electron chi connectivity index (χ0n) is 12.0. The van der Waals surface area contributed by atoms with Gasteiger partial charge in [0.2, 0.25) is 0 Å². The summed E-state index contributed by atoms with van der Waals surface area (Å²) in [5.41, 5.74) is 1.48. The Kier molecular flexibility index (Phi) is 3.87. The van der Waals surface area contributed by atoms with Crippen molar-refractivity contribution < 1.29 is 4.79 Å². The molecular weight excluding hydrogens is 252 g/mol. The van der Waals surface area contributed by atoms with Gasteiger partial charge in [0.15, 0.2) is 0 Å². The predicted octanol–water partition coefficient (Wildman–Crippen LogP) is 1.43. The van der Waals surface area contributed by atoms with Crippen molar-refractivity contribution in [1.82, 2.24) is 14.8 Å². The predicted molar refractivity (Wildman–Crippen MR) is 78.9 cm³/mol. The highest BCUT2D eigenvalue weighted by atomic mass is 16.2. The molecule has 2 fully saturated rings. The summed E-state index contributed by atoms with van der Waals surface area (Å²) in [5, 5.41) is 3.02. The highest BCUT2D eigenvalue weighted by Gasteiger charge is 2.31. The number of carbonyl (C=O) groups excluding carboxylic acids is 1. The molecule has 0 radical (unpaired) electrons. The lowest BCUT2D eigenvalue weighted by molar-refractivity contribution is 0.0737. The Labute approximate surface area is 120 Å². The standard InChI is InChI=1S/C15H22N4O/c1-16-12-5-6-14(17-10-12)15(20)19-9-3-8-18-7-2-4-13(18)11-19/h5-6,10,13,16H,2-4,7-9,11H2,1H3. The van der Waals surface area contributed by atoms with Crippen LogP contribution in [-0.4, -0.2) is 60.0 Å². The molecule has 1 unspecified atom stereocenters. The van der Waals surface area contributed by atoms with Gasteiger partial charge < -0.3 is 10.2 Å². The van der Waals surface area contributed by atoms with Crippen LogP contribution >= 0.6 is 0 Å². The zero-order chi connectivity index (χ0) is 13.9. The van der Waals surface area contributed by atoms with Gasteiger partial charge in [-0.2, -0.15) is 0 Å². The molecule has 20 heavy (non-hydrogen) atoms. The molecule has 1 amide bonds. The van der Waals surface area contributed by atoms with Crippen molar-refractivity contribution in [2.75, 3.05) is 38.5 Å². The van der Waals surface area contributed by atoms with Crippen molar-refractivity contribution >= 4 is 11.6 Å². The molecule has 3 heterocycles. The quantitative estimate of drug-likeness (QED) is 0.886. The van der Waals surface area contributed by atoms with Gasteiger partial charge in [-0.3, -0.25) is 9.69 Å². The maximum absolute atomic E-state index is 12.6. The molecule has 5 nitrogen and oxygen atoms in total. The van der Waals surface area contributed by atoms with Gasteiger partial charge in [-0.05, 0) is 37.9 Å². The summed E-state index contributed by atoms with van der Waals surface area (Å²) in [5.74, 6) is 0.0707. The Balaban J connectivity index is 1.71. The lowest BCUT2D eigenvalue weighted by Crippen LogP contribution is -2.39. The summed E-state index contributed by atoms with van der Waals surface area (Å²) in [4.78, 5) is 21.4. The lowest BCUT2D eigenvalue weighted by atomic mass is 10.2. The van der Waals surface area contributed by atoms with Crippen LogP contribution in [0.3, 0.4) is 0 Å². The number of nitrogens with one attached hydrogen (secondary N) is 1. The van der Waals surface area contributed by atoms with E-state index in [0.29, 0.717) is 11.7 Å². The van der Waals surface area contributed by atoms with Crippen LogP contribution in [0.25, 0.3) is 0 Å². The van der Waals surface area contributed by atoms with Crippen molar-refractivity contribution in [3.05, 3.63) is 24.0 Å². The Morgan fingerprint density at radius 2 is 2.15 bits per heavy atom. The zero-order valence-corrected chi connectivity index (χ0v) is 12.0. The van der Waals surface area contributed by atoms with Gasteiger partial charge in [-0.1, -0.05) is 0 Å². The number of carbonyl (C=O) groups is 1. The summed E-state index contributed by atoms with van der Waals surface area (Å²) in [6, 6.07) is 4.27. The fourth-order valence-electron chi connectivity index (χ4n) is 3.22. The first-order chi connectivity index (χ1) is 9.78. The third kappa shape index (κ3) is 2.63. The monoisotopic (exact) mass is 274 g/mol. The highest BCUT2D eigenvalue weighted by Crippen LogP contribution is 2.22. The van der Waals surface area contributed by atoms with E-state index in [1.165, 1.54) is 19.4 Å². The van der Waals surface area contributed by atoms with Crippen LogP contribution in [0.15, 0.2) is 18.3 Å². The molecule has 2 aliphatic rings. The molecule has 0 aromatic carbocycles. The number of nitrogens with zero attached hydrogens (tertiary/aromatic N) is 3. The van der Waals surface area contributed by atoms with Gasteiger partial charge in [-0.15, -0.1) is 0 Å². The topological polar surface area (TPSA) is 48.5 Å². The van der Waals surface area contributed by atoms with Gasteiger partial charge in [0.05, 0.1) is 11.9 Å². The normalized spacial score (nSPS) is 23.2. The van der Waals surface area contributed by atoms with E-state index >= 15 is 0 Å². The van der Waals surface area contributed by atoms with Crippen LogP contribution in [0.4, 0.5) is 5.69 Å². The van der Waals surface area contributed by atoms with E-state index in [1.54, 1.807) is 6.20 Å². The third-order valence-electron chi connectivity index (χ3n) is 4.36. The molecule has 1 aromatic rings. The maximum Gasteiger partial charge on any atom is 0.272 e. The van der Waals surface area contributed by atoms with Crippen molar-refractivity contribution in [2.24, 2.45) is 0 Å². The molecule has 1 aromatic heterocycles. The van der Waals surface area contributed by atoms with Crippen LogP contribution in [0, 0.1) is 0 Å². The first kappa shape index (κ1) is 13.4. The van der Waals surface area contributed by atoms with E-state index in [9.17, 15) is 4.79 Å². The Bertz CT molecular complexity index is 473. The van der Waals surface area contributed by atoms with Crippen molar-refractivity contribution in [3.8, 4) is 0 Å². The number of rotatable bonds is 2. The molecule has 0 spiro atoms. The molecule has 0 saturated carbocycles. The molecule has 0 aliphatic carbocycles. The third-order valence-corrected chi connectivity index (χ3v) is 4.36. The number of hydrogen-bond donors (Lipinski definition) is 1. The van der Waals surface area contributed by atoms with Crippen molar-refractivity contribution in [1.29, 1.82) is 0 Å². The van der Waals surface area contributed by atoms with Gasteiger partial charge in [0.1, 0.15) is 5.69 Å². The highest BCUT2D eigenvalue weighted by molar-refractivity contribution is 5.92. The largest absolute Gasteiger partial charge is 0.387 e. The molecule has 1 N–H and O–H groups in total. The SMILES string of the molecule is CNc1ccc(C(=O)N2CCCN3CCCC3C2)nc1. The second-order valence-electron chi connectivity index (χ2n) is 5.62. The number of amides is 1. The van der Waals surface area contributed by atoms with E-state index in [2.05, 4.69) is 15.2 Å². The molecule has 2 aliphatic heterocycles. The molecule has 3 rings (SSSR count). The summed E-state index contributed by atoms with van der Waals surface area (Å²) in [6.07, 6.45) is 5.27. The van der Waals surface area contributed by atoms with Gasteiger partial charge in [-0.25, -0.2) is 4.98 Å². The summed E-state index contributed by atoms with van der Waals surface area (Å²) in [7, 11) is 1.85. The smallest absolute Gasteiger partial charge is 0.272 e. The number of hydrogen-bond acceptors (Lipinski definition) is 4. The molecule has 108 valence electrons. The molecular formula is C15H22N4O. The fraction of sp³-hybridized carbons (Fsp3) is 0.600. The van der Waals surface area contributed by atoms with Crippen LogP contribution < -0.4 is 5.32 Å². The minimum atomic E-state index is 0.0707. The summed E-state index contributed by atoms with van der Waals surface area (Å²) in [6.45, 7) is 4.03. The first-order valence-corrected chi connectivity index (χ1v) is 7.45. The maximum atomic E-state index is 12.6. The van der Waals surface area contributed by atoms with Gasteiger partial charge >= 0.3 is 0 Å². The second-order valence-corrected chi connectivity index (χ2v) is 5.62. The molecule has 5 heteroatoms. The van der Waals surface area contributed by atoms with Crippen molar-refractivity contribution in [3.63, 3.8) is 0 Å². The van der Waals surface area contributed by atoms with E-state index in [-0.39, 0.29) is 5.91 Å². The van der Waals surface area contributed by atoms with Gasteiger partial charge in [0, 0.05) is 32.7 Å². The fourth-order valence-corrected chi connectivity index (χ4v) is 3.22. The van der Waals surface area contributed by atoms with E-state index < -0.39 is 0 Å². The molecule has 1 atom stereocenters. The number of fused-ring (bicyclic) bond motifs is 1. The van der Waals surface area contributed by atoms with Gasteiger partial charge in [0.25, 0.3) is 5.91 Å². The van der Waals surface area contributed by atoms with Crippen LogP contribution in [-0.2, 0) is 0 Å². The Morgan fingerprint density at radius 3 is 2.90 bits per heavy atom. The average Bonchev–Trinajstić information content (AvgIpc) is 2.83. The molecule has 0 bridgehead atoms. The molecule has 2 saturated heterocycles. The number of aromatic nitrogens is 1. The minimum absolute atomic E-state index is 0.0707. The van der Waals surface area contributed by atoms with Crippen LogP contribution in [0.2, 0.25) is 0 Å². The average molecular weight is 274 g/mol. The summed E-state index contributed by atoms with van der Waals surface area (Å²) < 4.78 is 0. The van der Waals surface area contributed by atoms with Crippen molar-refractivity contribution in [2.45, 2.75) is 25.3 Å². The summed E-state index contributed by atoms with van der Waals surface area (Å²) >= 11 is 0.